The number of imidazole rings is 1. The van der Waals surface area contributed by atoms with Gasteiger partial charge in [-0.05, 0) is 121 Å². The first-order valence-corrected chi connectivity index (χ1v) is 23.1. The van der Waals surface area contributed by atoms with Crippen molar-refractivity contribution in [3.05, 3.63) is 167 Å². The van der Waals surface area contributed by atoms with Gasteiger partial charge in [0, 0.05) is 29.8 Å². The number of pyridine rings is 1. The van der Waals surface area contributed by atoms with E-state index in [-0.39, 0.29) is 27.4 Å². The Kier molecular flexibility index (Phi) is 11.2. The second-order valence-electron chi connectivity index (χ2n) is 22.3. The topological polar surface area (TPSA) is 50.9 Å². The number of fused-ring (bicyclic) bond motifs is 1. The van der Waals surface area contributed by atoms with Crippen LogP contribution < -0.4 is 0 Å². The van der Waals surface area contributed by atoms with Gasteiger partial charge in [0.1, 0.15) is 11.6 Å². The van der Waals surface area contributed by atoms with Crippen LogP contribution in [0.25, 0.3) is 72.7 Å². The maximum absolute atomic E-state index is 12.6. The molecule has 2 heterocycles. The molecule has 6 aromatic carbocycles. The van der Waals surface area contributed by atoms with E-state index in [1.807, 2.05) is 32.2 Å². The molecule has 0 aliphatic heterocycles. The standard InChI is InChI=1S/C61H67N3O/c1-38(2)40-22-18-23-41(30-40)42-28-29-62-52(34-42)44-31-43(32-46(33-44)59(6,7)8)48-24-19-25-54-55(48)63-57(50-36-47(60(9,10)11)37-51(56(50)65)61(12,13)14)64(54)53-27-26-45(58(3,4)5)35-49(53)39-20-16-15-17-21-39/h15-38,65H,1-14H3/i38D. The average molecular weight is 859 g/mol. The fourth-order valence-electron chi connectivity index (χ4n) is 8.75. The third-order valence-corrected chi connectivity index (χ3v) is 12.8. The highest BCUT2D eigenvalue weighted by atomic mass is 16.3. The van der Waals surface area contributed by atoms with E-state index in [1.165, 1.54) is 11.1 Å². The van der Waals surface area contributed by atoms with E-state index in [4.69, 9.17) is 11.3 Å². The van der Waals surface area contributed by atoms with Gasteiger partial charge in [-0.2, -0.15) is 0 Å². The lowest BCUT2D eigenvalue weighted by atomic mass is 9.79. The molecule has 332 valence electrons. The van der Waals surface area contributed by atoms with E-state index in [0.717, 1.165) is 78.0 Å². The monoisotopic (exact) mass is 859 g/mol. The number of aromatic hydroxyl groups is 1. The van der Waals surface area contributed by atoms with Gasteiger partial charge < -0.3 is 5.11 Å². The molecule has 65 heavy (non-hydrogen) atoms. The van der Waals surface area contributed by atoms with Gasteiger partial charge >= 0.3 is 0 Å². The van der Waals surface area contributed by atoms with Crippen molar-refractivity contribution in [2.45, 2.75) is 124 Å². The van der Waals surface area contributed by atoms with E-state index in [2.05, 4.69) is 209 Å². The van der Waals surface area contributed by atoms with Crippen LogP contribution in [-0.4, -0.2) is 19.6 Å². The molecule has 0 aliphatic rings. The minimum absolute atomic E-state index is 0.0803. The lowest BCUT2D eigenvalue weighted by Crippen LogP contribution is -2.17. The molecule has 0 aliphatic carbocycles. The Hall–Kier alpha value is -6.26. The van der Waals surface area contributed by atoms with Crippen molar-refractivity contribution >= 4 is 11.0 Å². The van der Waals surface area contributed by atoms with Crippen molar-refractivity contribution in [2.24, 2.45) is 0 Å². The quantitative estimate of drug-likeness (QED) is 0.174. The van der Waals surface area contributed by atoms with Crippen LogP contribution in [0.15, 0.2) is 140 Å². The van der Waals surface area contributed by atoms with E-state index in [0.29, 0.717) is 11.4 Å². The summed E-state index contributed by atoms with van der Waals surface area (Å²) in [5, 5.41) is 12.6. The van der Waals surface area contributed by atoms with E-state index in [9.17, 15) is 5.11 Å². The molecular weight excluding hydrogens is 791 g/mol. The van der Waals surface area contributed by atoms with E-state index >= 15 is 0 Å². The molecule has 0 saturated heterocycles. The molecule has 4 nitrogen and oxygen atoms in total. The number of rotatable bonds is 7. The molecule has 4 heteroatoms. The molecule has 2 aromatic heterocycles. The van der Waals surface area contributed by atoms with Crippen LogP contribution in [0.2, 0.25) is 0 Å². The first-order chi connectivity index (χ1) is 30.8. The molecular formula is C61H67N3O. The van der Waals surface area contributed by atoms with Gasteiger partial charge in [0.05, 0.1) is 28.0 Å². The summed E-state index contributed by atoms with van der Waals surface area (Å²) in [6.45, 7) is 30.6. The van der Waals surface area contributed by atoms with Gasteiger partial charge in [-0.25, -0.2) is 4.98 Å². The van der Waals surface area contributed by atoms with Gasteiger partial charge in [0.25, 0.3) is 0 Å². The molecule has 0 radical (unpaired) electrons. The molecule has 8 aromatic rings. The zero-order valence-corrected chi connectivity index (χ0v) is 41.1. The molecule has 0 saturated carbocycles. The van der Waals surface area contributed by atoms with Crippen molar-refractivity contribution in [1.29, 1.82) is 0 Å². The summed E-state index contributed by atoms with van der Waals surface area (Å²) in [4.78, 5) is 10.7. The normalized spacial score (nSPS) is 13.0. The lowest BCUT2D eigenvalue weighted by molar-refractivity contribution is 0.446. The van der Waals surface area contributed by atoms with Crippen LogP contribution in [0.1, 0.15) is 132 Å². The minimum Gasteiger partial charge on any atom is -0.507 e. The molecule has 0 atom stereocenters. The Balaban J connectivity index is 1.44. The number of aromatic nitrogens is 3. The summed E-state index contributed by atoms with van der Waals surface area (Å²) in [5.74, 6) is 0.227. The Labute approximate surface area is 389 Å². The predicted octanol–water partition coefficient (Wildman–Crippen LogP) is 16.8. The zero-order valence-electron chi connectivity index (χ0n) is 42.1. The number of hydrogen-bond acceptors (Lipinski definition) is 3. The van der Waals surface area contributed by atoms with Crippen LogP contribution in [0.4, 0.5) is 0 Å². The van der Waals surface area contributed by atoms with Gasteiger partial charge in [0.2, 0.25) is 0 Å². The third kappa shape index (κ3) is 9.06. The molecule has 0 unspecified atom stereocenters. The number of nitrogens with zero attached hydrogens (tertiary/aromatic N) is 3. The van der Waals surface area contributed by atoms with Crippen LogP contribution in [0.5, 0.6) is 5.75 Å². The highest BCUT2D eigenvalue weighted by Gasteiger charge is 2.30. The van der Waals surface area contributed by atoms with E-state index in [1.54, 1.807) is 0 Å². The first kappa shape index (κ1) is 44.0. The van der Waals surface area contributed by atoms with Crippen molar-refractivity contribution in [3.63, 3.8) is 0 Å². The number of phenols is 1. The summed E-state index contributed by atoms with van der Waals surface area (Å²) in [6.07, 6.45) is 1.89. The number of phenolic OH excluding ortho intramolecular Hbond substituents is 1. The number of hydrogen-bond donors (Lipinski definition) is 1. The maximum Gasteiger partial charge on any atom is 0.149 e. The number of para-hydroxylation sites is 1. The number of benzene rings is 6. The highest BCUT2D eigenvalue weighted by molar-refractivity contribution is 5.98. The fraction of sp³-hybridized carbons (Fsp3) is 0.311. The smallest absolute Gasteiger partial charge is 0.149 e. The molecule has 0 spiro atoms. The second kappa shape index (κ2) is 16.6. The Bertz CT molecular complexity index is 3100. The van der Waals surface area contributed by atoms with Gasteiger partial charge in [-0.15, -0.1) is 0 Å². The SMILES string of the molecule is [2H]C(C)(C)c1cccc(-c2ccnc(-c3cc(-c4cccc5c4nc(-c4cc(C(C)(C)C)cc(C(C)(C)C)c4O)n5-c4ccc(C(C)(C)C)cc4-c4ccccc4)cc(C(C)(C)C)c3)c2)c1. The lowest BCUT2D eigenvalue weighted by Gasteiger charge is -2.28. The maximum atomic E-state index is 12.6. The molecule has 8 rings (SSSR count). The van der Waals surface area contributed by atoms with Crippen LogP contribution in [-0.2, 0) is 21.7 Å². The summed E-state index contributed by atoms with van der Waals surface area (Å²) in [5.41, 5.74) is 16.4. The highest BCUT2D eigenvalue weighted by Crippen LogP contribution is 2.46. The summed E-state index contributed by atoms with van der Waals surface area (Å²) in [7, 11) is 0. The van der Waals surface area contributed by atoms with Crippen molar-refractivity contribution in [2.75, 3.05) is 0 Å². The fourth-order valence-corrected chi connectivity index (χ4v) is 8.75. The Morgan fingerprint density at radius 2 is 1.12 bits per heavy atom. The average Bonchev–Trinajstić information content (AvgIpc) is 3.64. The first-order valence-electron chi connectivity index (χ1n) is 23.6. The van der Waals surface area contributed by atoms with Gasteiger partial charge in [-0.3, -0.25) is 9.55 Å². The third-order valence-electron chi connectivity index (χ3n) is 12.8. The van der Waals surface area contributed by atoms with Gasteiger partial charge in [-0.1, -0.05) is 182 Å². The van der Waals surface area contributed by atoms with Crippen molar-refractivity contribution < 1.29 is 6.48 Å². The predicted molar refractivity (Wildman–Crippen MR) is 277 cm³/mol. The van der Waals surface area contributed by atoms with Crippen LogP contribution >= 0.6 is 0 Å². The summed E-state index contributed by atoms with van der Waals surface area (Å²) < 4.78 is 11.0. The molecule has 1 N–H and O–H groups in total. The molecule has 0 fully saturated rings. The molecule has 0 amide bonds. The zero-order chi connectivity index (χ0) is 47.7. The second-order valence-corrected chi connectivity index (χ2v) is 22.3. The summed E-state index contributed by atoms with van der Waals surface area (Å²) >= 11 is 0. The Morgan fingerprint density at radius 3 is 1.78 bits per heavy atom. The summed E-state index contributed by atoms with van der Waals surface area (Å²) in [6, 6.07) is 47.6. The van der Waals surface area contributed by atoms with Crippen LogP contribution in [0.3, 0.4) is 0 Å². The Morgan fingerprint density at radius 1 is 0.508 bits per heavy atom. The van der Waals surface area contributed by atoms with E-state index < -0.39 is 5.89 Å². The van der Waals surface area contributed by atoms with Crippen LogP contribution in [0, 0.1) is 0 Å². The van der Waals surface area contributed by atoms with Gasteiger partial charge in [0.15, 0.2) is 0 Å². The van der Waals surface area contributed by atoms with Crippen molar-refractivity contribution in [1.82, 2.24) is 14.5 Å². The largest absolute Gasteiger partial charge is 0.507 e. The van der Waals surface area contributed by atoms with Crippen molar-refractivity contribution in [3.8, 4) is 67.5 Å². The minimum atomic E-state index is -0.711. The molecule has 0 bridgehead atoms.